The molecule has 0 bridgehead atoms. The number of allylic oxidation sites excluding steroid dienone is 2. The van der Waals surface area contributed by atoms with Crippen molar-refractivity contribution < 1.29 is 23.4 Å². The molecule has 1 saturated heterocycles. The first-order valence-electron chi connectivity index (χ1n) is 11.2. The molecule has 4 rings (SSSR count). The molecule has 0 amide bonds. The van der Waals surface area contributed by atoms with E-state index in [-0.39, 0.29) is 17.4 Å². The highest BCUT2D eigenvalue weighted by atomic mass is 35.5. The molecule has 2 atom stereocenters. The second kappa shape index (κ2) is 12.1. The number of nitrogens with zero attached hydrogens (tertiary/aromatic N) is 4. The van der Waals surface area contributed by atoms with E-state index in [1.54, 1.807) is 25.3 Å². The summed E-state index contributed by atoms with van der Waals surface area (Å²) in [4.78, 5) is 7.91. The average molecular weight is 535 g/mol. The van der Waals surface area contributed by atoms with Crippen LogP contribution >= 0.6 is 23.4 Å². The molecule has 1 aliphatic heterocycles. The van der Waals surface area contributed by atoms with Gasteiger partial charge in [-0.25, -0.2) is 23.4 Å². The van der Waals surface area contributed by atoms with Gasteiger partial charge in [0.2, 0.25) is 0 Å². The number of benzene rings is 1. The Labute approximate surface area is 216 Å². The molecular weight excluding hydrogens is 510 g/mol. The van der Waals surface area contributed by atoms with Crippen LogP contribution in [-0.4, -0.2) is 54.9 Å². The van der Waals surface area contributed by atoms with Gasteiger partial charge in [0.05, 0.1) is 25.0 Å². The third kappa shape index (κ3) is 6.77. The smallest absolute Gasteiger partial charge is 0.177 e. The number of pyridine rings is 1. The number of rotatable bonds is 9. The van der Waals surface area contributed by atoms with E-state index in [2.05, 4.69) is 15.1 Å². The summed E-state index contributed by atoms with van der Waals surface area (Å²) in [7, 11) is 0. The quantitative estimate of drug-likeness (QED) is 0.317. The first-order valence-corrected chi connectivity index (χ1v) is 12.5. The topological polar surface area (TPSA) is 82.3 Å². The molecule has 3 aromatic rings. The summed E-state index contributed by atoms with van der Waals surface area (Å²) in [5.41, 5.74) is -0.787. The van der Waals surface area contributed by atoms with Crippen LogP contribution in [0.1, 0.15) is 18.1 Å². The fourth-order valence-corrected chi connectivity index (χ4v) is 5.16. The fourth-order valence-electron chi connectivity index (χ4n) is 3.73. The van der Waals surface area contributed by atoms with Gasteiger partial charge < -0.3 is 14.6 Å². The standard InChI is InChI=1S/C25H25ClF2N4O3S/c1-17(25(33,14-32-16-29-15-31-32)21-8-7-19(27)10-22(21)28)36-20-12-34-24(35-13-20)5-3-2-4-18-6-9-23(26)30-11-18/h2-11,15-17,20,24,33H,12-14H2,1H3/t17-,20?,24?,25-/m1/s1. The van der Waals surface area contributed by atoms with E-state index in [4.69, 9.17) is 21.1 Å². The molecule has 1 N–H and O–H groups in total. The minimum Gasteiger partial charge on any atom is -0.382 e. The lowest BCUT2D eigenvalue weighted by Gasteiger charge is -2.37. The molecular formula is C25H25ClF2N4O3S. The van der Waals surface area contributed by atoms with Crippen LogP contribution in [-0.2, 0) is 21.6 Å². The van der Waals surface area contributed by atoms with Crippen molar-refractivity contribution in [2.75, 3.05) is 13.2 Å². The fraction of sp³-hybridized carbons (Fsp3) is 0.320. The molecule has 1 aliphatic rings. The Morgan fingerprint density at radius 1 is 1.25 bits per heavy atom. The summed E-state index contributed by atoms with van der Waals surface area (Å²) in [5.74, 6) is -1.54. The van der Waals surface area contributed by atoms with Crippen molar-refractivity contribution in [2.45, 2.75) is 35.9 Å². The zero-order valence-electron chi connectivity index (χ0n) is 19.4. The predicted octanol–water partition coefficient (Wildman–Crippen LogP) is 4.63. The summed E-state index contributed by atoms with van der Waals surface area (Å²) in [6.07, 6.45) is 11.3. The molecule has 1 aromatic carbocycles. The van der Waals surface area contributed by atoms with Gasteiger partial charge in [0, 0.05) is 23.1 Å². The minimum atomic E-state index is -1.69. The van der Waals surface area contributed by atoms with Crippen LogP contribution in [0.2, 0.25) is 5.15 Å². The Balaban J connectivity index is 1.36. The summed E-state index contributed by atoms with van der Waals surface area (Å²) < 4.78 is 41.3. The summed E-state index contributed by atoms with van der Waals surface area (Å²) >= 11 is 7.19. The monoisotopic (exact) mass is 534 g/mol. The van der Waals surface area contributed by atoms with E-state index in [0.29, 0.717) is 18.4 Å². The van der Waals surface area contributed by atoms with Crippen LogP contribution < -0.4 is 0 Å². The van der Waals surface area contributed by atoms with Gasteiger partial charge in [0.25, 0.3) is 0 Å². The maximum absolute atomic E-state index is 14.7. The minimum absolute atomic E-state index is 0.0134. The van der Waals surface area contributed by atoms with E-state index < -0.39 is 28.8 Å². The molecule has 0 aliphatic carbocycles. The zero-order valence-corrected chi connectivity index (χ0v) is 20.9. The molecule has 36 heavy (non-hydrogen) atoms. The third-order valence-electron chi connectivity index (χ3n) is 5.65. The normalized spacial score (nSPS) is 21.1. The SMILES string of the molecule is C[C@@H](SC1COC(C=CC=Cc2ccc(Cl)nc2)OC1)[C@](O)(Cn1cncn1)c1ccc(F)cc1F. The number of hydrogen-bond donors (Lipinski definition) is 1. The maximum Gasteiger partial charge on any atom is 0.177 e. The van der Waals surface area contributed by atoms with Crippen LogP contribution in [0.4, 0.5) is 8.78 Å². The van der Waals surface area contributed by atoms with Crippen molar-refractivity contribution in [3.05, 3.63) is 95.3 Å². The lowest BCUT2D eigenvalue weighted by Crippen LogP contribution is -2.43. The van der Waals surface area contributed by atoms with Gasteiger partial charge in [0.15, 0.2) is 6.29 Å². The molecule has 190 valence electrons. The molecule has 7 nitrogen and oxygen atoms in total. The van der Waals surface area contributed by atoms with Crippen molar-refractivity contribution in [3.8, 4) is 0 Å². The van der Waals surface area contributed by atoms with E-state index in [1.165, 1.54) is 35.2 Å². The number of ether oxygens (including phenoxy) is 2. The molecule has 1 fully saturated rings. The van der Waals surface area contributed by atoms with Gasteiger partial charge >= 0.3 is 0 Å². The van der Waals surface area contributed by atoms with Crippen LogP contribution in [0.25, 0.3) is 6.08 Å². The van der Waals surface area contributed by atoms with Gasteiger partial charge in [0.1, 0.15) is 35.0 Å². The highest BCUT2D eigenvalue weighted by Gasteiger charge is 2.41. The molecule has 2 aromatic heterocycles. The van der Waals surface area contributed by atoms with Crippen LogP contribution in [0, 0.1) is 11.6 Å². The number of thioether (sulfide) groups is 1. The number of aromatic nitrogens is 4. The van der Waals surface area contributed by atoms with Crippen molar-refractivity contribution in [1.82, 2.24) is 19.7 Å². The highest BCUT2D eigenvalue weighted by molar-refractivity contribution is 8.00. The van der Waals surface area contributed by atoms with Gasteiger partial charge in [-0.1, -0.05) is 48.9 Å². The molecule has 11 heteroatoms. The Hall–Kier alpha value is -2.63. The lowest BCUT2D eigenvalue weighted by molar-refractivity contribution is -0.146. The van der Waals surface area contributed by atoms with Crippen LogP contribution in [0.15, 0.2) is 67.4 Å². The predicted molar refractivity (Wildman–Crippen MR) is 134 cm³/mol. The van der Waals surface area contributed by atoms with Crippen molar-refractivity contribution in [3.63, 3.8) is 0 Å². The van der Waals surface area contributed by atoms with E-state index in [9.17, 15) is 13.9 Å². The molecule has 0 radical (unpaired) electrons. The van der Waals surface area contributed by atoms with Crippen LogP contribution in [0.3, 0.4) is 0 Å². The van der Waals surface area contributed by atoms with Crippen molar-refractivity contribution >= 4 is 29.4 Å². The Morgan fingerprint density at radius 3 is 2.72 bits per heavy atom. The number of hydrogen-bond acceptors (Lipinski definition) is 7. The van der Waals surface area contributed by atoms with E-state index in [1.807, 2.05) is 24.3 Å². The molecule has 3 heterocycles. The summed E-state index contributed by atoms with van der Waals surface area (Å²) in [6, 6.07) is 6.73. The van der Waals surface area contributed by atoms with Gasteiger partial charge in [-0.2, -0.15) is 5.10 Å². The second-order valence-corrected chi connectivity index (χ2v) is 10.3. The maximum atomic E-state index is 14.7. The summed E-state index contributed by atoms with van der Waals surface area (Å²) in [5, 5.41) is 15.5. The number of halogens is 3. The van der Waals surface area contributed by atoms with Crippen LogP contribution in [0.5, 0.6) is 0 Å². The average Bonchev–Trinajstić information content (AvgIpc) is 3.36. The summed E-state index contributed by atoms with van der Waals surface area (Å²) in [6.45, 7) is 2.48. The first-order chi connectivity index (χ1) is 17.3. The lowest BCUT2D eigenvalue weighted by atomic mass is 9.90. The van der Waals surface area contributed by atoms with Gasteiger partial charge in [-0.05, 0) is 23.8 Å². The Kier molecular flexibility index (Phi) is 8.86. The number of aliphatic hydroxyl groups is 1. The second-order valence-electron chi connectivity index (χ2n) is 8.24. The third-order valence-corrected chi connectivity index (χ3v) is 7.33. The van der Waals surface area contributed by atoms with E-state index >= 15 is 0 Å². The van der Waals surface area contributed by atoms with Crippen molar-refractivity contribution in [1.29, 1.82) is 0 Å². The Bertz CT molecular complexity index is 1190. The largest absolute Gasteiger partial charge is 0.382 e. The highest BCUT2D eigenvalue weighted by Crippen LogP contribution is 2.38. The van der Waals surface area contributed by atoms with Gasteiger partial charge in [-0.3, -0.25) is 0 Å². The molecule has 0 unspecified atom stereocenters. The first kappa shape index (κ1) is 26.4. The Morgan fingerprint density at radius 2 is 2.06 bits per heavy atom. The molecule has 0 spiro atoms. The van der Waals surface area contributed by atoms with Crippen molar-refractivity contribution in [2.24, 2.45) is 0 Å². The molecule has 0 saturated carbocycles. The van der Waals surface area contributed by atoms with Gasteiger partial charge in [-0.15, -0.1) is 11.8 Å². The zero-order chi connectivity index (χ0) is 25.5. The van der Waals surface area contributed by atoms with E-state index in [0.717, 1.165) is 17.7 Å².